The third-order valence-electron chi connectivity index (χ3n) is 2.70. The number of aryl methyl sites for hydroxylation is 1. The Kier molecular flexibility index (Phi) is 4.19. The van der Waals surface area contributed by atoms with E-state index >= 15 is 0 Å². The molecule has 0 aliphatic rings. The average molecular weight is 355 g/mol. The molecule has 0 fully saturated rings. The predicted octanol–water partition coefficient (Wildman–Crippen LogP) is 3.55. The zero-order valence-electron chi connectivity index (χ0n) is 11.7. The van der Waals surface area contributed by atoms with Crippen molar-refractivity contribution in [1.29, 1.82) is 0 Å². The van der Waals surface area contributed by atoms with Gasteiger partial charge in [-0.2, -0.15) is 0 Å². The van der Waals surface area contributed by atoms with E-state index in [0.717, 1.165) is 21.8 Å². The molecule has 0 unspecified atom stereocenters. The second kappa shape index (κ2) is 5.57. The number of anilines is 1. The van der Waals surface area contributed by atoms with Gasteiger partial charge in [-0.15, -0.1) is 5.10 Å². The molecule has 0 radical (unpaired) electrons. The first-order valence-corrected chi connectivity index (χ1v) is 7.63. The number of hydrogen-bond acceptors (Lipinski definition) is 5. The summed E-state index contributed by atoms with van der Waals surface area (Å²) in [5.41, 5.74) is 1.93. The zero-order valence-corrected chi connectivity index (χ0v) is 14.1. The molecule has 2 aromatic heterocycles. The normalized spacial score (nSPS) is 11.4. The van der Waals surface area contributed by atoms with E-state index in [0.29, 0.717) is 16.3 Å². The molecule has 5 nitrogen and oxygen atoms in total. The third-order valence-corrected chi connectivity index (χ3v) is 3.87. The molecule has 2 rings (SSSR count). The highest BCUT2D eigenvalue weighted by Crippen LogP contribution is 2.27. The quantitative estimate of drug-likeness (QED) is 0.837. The van der Waals surface area contributed by atoms with Crippen molar-refractivity contribution in [2.75, 3.05) is 5.32 Å². The van der Waals surface area contributed by atoms with Crippen molar-refractivity contribution in [1.82, 2.24) is 14.6 Å². The number of rotatable bonds is 2. The first-order chi connectivity index (χ1) is 9.29. The number of hydrogen-bond donors (Lipinski definition) is 1. The molecule has 106 valence electrons. The van der Waals surface area contributed by atoms with Gasteiger partial charge in [0.15, 0.2) is 0 Å². The number of carbonyl (C=O) groups excluding carboxylic acids is 1. The molecule has 7 heteroatoms. The van der Waals surface area contributed by atoms with Gasteiger partial charge < -0.3 is 5.32 Å². The molecule has 0 bridgehead atoms. The Bertz CT molecular complexity index is 648. The number of amides is 1. The molecule has 1 N–H and O–H groups in total. The van der Waals surface area contributed by atoms with Gasteiger partial charge in [0.05, 0.1) is 17.1 Å². The Morgan fingerprint density at radius 3 is 2.65 bits per heavy atom. The molecule has 0 aliphatic heterocycles. The van der Waals surface area contributed by atoms with Crippen molar-refractivity contribution in [3.63, 3.8) is 0 Å². The van der Waals surface area contributed by atoms with Crippen LogP contribution >= 0.6 is 27.5 Å². The van der Waals surface area contributed by atoms with Gasteiger partial charge in [0, 0.05) is 5.41 Å². The SMILES string of the molecule is Cc1nc(Br)ccc1NC(=O)c1snnc1C(C)(C)C. The highest BCUT2D eigenvalue weighted by Gasteiger charge is 2.26. The van der Waals surface area contributed by atoms with Crippen molar-refractivity contribution in [3.05, 3.63) is 33.0 Å². The predicted molar refractivity (Wildman–Crippen MR) is 83.2 cm³/mol. The standard InChI is InChI=1S/C13H15BrN4OS/c1-7-8(5-6-9(14)15-7)16-12(19)10-11(13(2,3)4)17-18-20-10/h5-6H,1-4H3,(H,16,19). The number of halogens is 1. The number of aromatic nitrogens is 3. The van der Waals surface area contributed by atoms with Crippen LogP contribution in [0.3, 0.4) is 0 Å². The fourth-order valence-corrected chi connectivity index (χ4v) is 2.84. The fraction of sp³-hybridized carbons (Fsp3) is 0.385. The van der Waals surface area contributed by atoms with Gasteiger partial charge >= 0.3 is 0 Å². The summed E-state index contributed by atoms with van der Waals surface area (Å²) >= 11 is 4.41. The Hall–Kier alpha value is -1.34. The summed E-state index contributed by atoms with van der Waals surface area (Å²) in [5.74, 6) is -0.197. The monoisotopic (exact) mass is 354 g/mol. The van der Waals surface area contributed by atoms with E-state index in [1.165, 1.54) is 0 Å². The maximum absolute atomic E-state index is 12.4. The second-order valence-corrected chi connectivity index (χ2v) is 6.99. The highest BCUT2D eigenvalue weighted by molar-refractivity contribution is 9.10. The van der Waals surface area contributed by atoms with E-state index in [4.69, 9.17) is 0 Å². The number of carbonyl (C=O) groups is 1. The van der Waals surface area contributed by atoms with Gasteiger partial charge in [0.2, 0.25) is 0 Å². The topological polar surface area (TPSA) is 67.8 Å². The second-order valence-electron chi connectivity index (χ2n) is 5.42. The van der Waals surface area contributed by atoms with E-state index in [9.17, 15) is 4.79 Å². The first kappa shape index (κ1) is 15.1. The molecular formula is C13H15BrN4OS. The van der Waals surface area contributed by atoms with Gasteiger partial charge in [-0.05, 0) is 46.5 Å². The van der Waals surface area contributed by atoms with Crippen molar-refractivity contribution in [2.45, 2.75) is 33.1 Å². The van der Waals surface area contributed by atoms with Crippen molar-refractivity contribution >= 4 is 39.1 Å². The van der Waals surface area contributed by atoms with Gasteiger partial charge in [-0.1, -0.05) is 25.3 Å². The lowest BCUT2D eigenvalue weighted by Gasteiger charge is -2.16. The molecule has 0 saturated heterocycles. The Labute approximate surface area is 130 Å². The van der Waals surface area contributed by atoms with Crippen LogP contribution < -0.4 is 5.32 Å². The summed E-state index contributed by atoms with van der Waals surface area (Å²) in [7, 11) is 0. The van der Waals surface area contributed by atoms with Crippen molar-refractivity contribution in [3.8, 4) is 0 Å². The van der Waals surface area contributed by atoms with E-state index < -0.39 is 0 Å². The Morgan fingerprint density at radius 1 is 1.35 bits per heavy atom. The smallest absolute Gasteiger partial charge is 0.269 e. The Morgan fingerprint density at radius 2 is 2.05 bits per heavy atom. The van der Waals surface area contributed by atoms with Gasteiger partial charge in [0.25, 0.3) is 5.91 Å². The van der Waals surface area contributed by atoms with Crippen LogP contribution in [0.25, 0.3) is 0 Å². The molecule has 0 aromatic carbocycles. The maximum Gasteiger partial charge on any atom is 0.269 e. The minimum atomic E-state index is -0.216. The summed E-state index contributed by atoms with van der Waals surface area (Å²) in [6, 6.07) is 3.60. The largest absolute Gasteiger partial charge is 0.320 e. The zero-order chi connectivity index (χ0) is 14.9. The highest BCUT2D eigenvalue weighted by atomic mass is 79.9. The van der Waals surface area contributed by atoms with Crippen LogP contribution in [-0.2, 0) is 5.41 Å². The molecule has 0 saturated carbocycles. The van der Waals surface area contributed by atoms with Crippen molar-refractivity contribution < 1.29 is 4.79 Å². The van der Waals surface area contributed by atoms with E-state index in [-0.39, 0.29) is 11.3 Å². The summed E-state index contributed by atoms with van der Waals surface area (Å²) < 4.78 is 4.63. The third kappa shape index (κ3) is 3.21. The summed E-state index contributed by atoms with van der Waals surface area (Å²) in [6.07, 6.45) is 0. The Balaban J connectivity index is 2.27. The van der Waals surface area contributed by atoms with Crippen LogP contribution in [0.5, 0.6) is 0 Å². The molecular weight excluding hydrogens is 340 g/mol. The minimum Gasteiger partial charge on any atom is -0.320 e. The average Bonchev–Trinajstić information content (AvgIpc) is 2.81. The van der Waals surface area contributed by atoms with Crippen LogP contribution in [0.15, 0.2) is 16.7 Å². The number of nitrogens with one attached hydrogen (secondary N) is 1. The lowest BCUT2D eigenvalue weighted by Crippen LogP contribution is -2.20. The fourth-order valence-electron chi connectivity index (χ4n) is 1.67. The lowest BCUT2D eigenvalue weighted by atomic mass is 9.91. The lowest BCUT2D eigenvalue weighted by molar-refractivity contribution is 0.102. The molecule has 0 spiro atoms. The minimum absolute atomic E-state index is 0.197. The van der Waals surface area contributed by atoms with Crippen LogP contribution in [-0.4, -0.2) is 20.5 Å². The van der Waals surface area contributed by atoms with Gasteiger partial charge in [-0.3, -0.25) is 4.79 Å². The van der Waals surface area contributed by atoms with Gasteiger partial charge in [-0.25, -0.2) is 4.98 Å². The summed E-state index contributed by atoms with van der Waals surface area (Å²) in [4.78, 5) is 17.2. The molecule has 0 atom stereocenters. The van der Waals surface area contributed by atoms with E-state index in [2.05, 4.69) is 35.8 Å². The van der Waals surface area contributed by atoms with E-state index in [1.807, 2.05) is 33.8 Å². The maximum atomic E-state index is 12.4. The molecule has 2 aromatic rings. The van der Waals surface area contributed by atoms with Crippen LogP contribution in [0.1, 0.15) is 41.8 Å². The summed E-state index contributed by atoms with van der Waals surface area (Å²) in [6.45, 7) is 7.86. The number of pyridine rings is 1. The first-order valence-electron chi connectivity index (χ1n) is 6.06. The van der Waals surface area contributed by atoms with Gasteiger partial charge in [0.1, 0.15) is 9.48 Å². The number of nitrogens with zero attached hydrogens (tertiary/aromatic N) is 3. The molecule has 2 heterocycles. The van der Waals surface area contributed by atoms with E-state index in [1.54, 1.807) is 6.07 Å². The molecule has 20 heavy (non-hydrogen) atoms. The van der Waals surface area contributed by atoms with Crippen molar-refractivity contribution in [2.24, 2.45) is 0 Å². The molecule has 1 amide bonds. The summed E-state index contributed by atoms with van der Waals surface area (Å²) in [5, 5.41) is 6.93. The molecule has 0 aliphatic carbocycles. The van der Waals surface area contributed by atoms with Crippen LogP contribution in [0.2, 0.25) is 0 Å². The van der Waals surface area contributed by atoms with Crippen LogP contribution in [0.4, 0.5) is 5.69 Å². The van der Waals surface area contributed by atoms with Crippen LogP contribution in [0, 0.1) is 6.92 Å².